The summed E-state index contributed by atoms with van der Waals surface area (Å²) in [7, 11) is 3.97. The lowest BCUT2D eigenvalue weighted by Crippen LogP contribution is -2.28. The van der Waals surface area contributed by atoms with Gasteiger partial charge in [0.1, 0.15) is 5.82 Å². The van der Waals surface area contributed by atoms with E-state index in [9.17, 15) is 9.18 Å². The molecule has 4 nitrogen and oxygen atoms in total. The molecule has 2 aromatic carbocycles. The van der Waals surface area contributed by atoms with E-state index in [4.69, 9.17) is 0 Å². The van der Waals surface area contributed by atoms with Crippen LogP contribution in [0.5, 0.6) is 0 Å². The first kappa shape index (κ1) is 18.2. The molecule has 0 bridgehead atoms. The standard InChI is InChI=1S/C20H20FN3OS/c1-4-24-19(25)18(13-14-5-11-17(12-6-14)23(2)3)26-20(24)22-16-9-7-15(21)8-10-16/h5-13H,4H2,1-3H3/b18-13+,22-20?. The van der Waals surface area contributed by atoms with Gasteiger partial charge in [0.05, 0.1) is 10.6 Å². The van der Waals surface area contributed by atoms with E-state index in [1.807, 2.05) is 56.3 Å². The van der Waals surface area contributed by atoms with Crippen LogP contribution in [0.4, 0.5) is 15.8 Å². The molecule has 0 spiro atoms. The second-order valence-corrected chi connectivity index (χ2v) is 7.03. The summed E-state index contributed by atoms with van der Waals surface area (Å²) < 4.78 is 13.1. The summed E-state index contributed by atoms with van der Waals surface area (Å²) in [6.45, 7) is 2.44. The molecule has 1 amide bonds. The molecule has 0 N–H and O–H groups in total. The van der Waals surface area contributed by atoms with Crippen molar-refractivity contribution in [2.75, 3.05) is 25.5 Å². The van der Waals surface area contributed by atoms with E-state index in [1.54, 1.807) is 17.0 Å². The predicted octanol–water partition coefficient (Wildman–Crippen LogP) is 4.52. The van der Waals surface area contributed by atoms with Gasteiger partial charge in [0.25, 0.3) is 5.91 Å². The normalized spacial score (nSPS) is 17.4. The Kier molecular flexibility index (Phi) is 5.42. The minimum Gasteiger partial charge on any atom is -0.378 e. The quantitative estimate of drug-likeness (QED) is 0.744. The Morgan fingerprint density at radius 2 is 1.77 bits per heavy atom. The van der Waals surface area contributed by atoms with Gasteiger partial charge < -0.3 is 4.90 Å². The average Bonchev–Trinajstić information content (AvgIpc) is 2.92. The zero-order valence-electron chi connectivity index (χ0n) is 14.9. The topological polar surface area (TPSA) is 35.9 Å². The third-order valence-corrected chi connectivity index (χ3v) is 4.97. The molecule has 0 aromatic heterocycles. The van der Waals surface area contributed by atoms with Crippen LogP contribution >= 0.6 is 11.8 Å². The van der Waals surface area contributed by atoms with Gasteiger partial charge in [-0.25, -0.2) is 9.38 Å². The maximum absolute atomic E-state index is 13.1. The number of benzene rings is 2. The number of carbonyl (C=O) groups excluding carboxylic acids is 1. The number of thioether (sulfide) groups is 1. The molecule has 1 fully saturated rings. The van der Waals surface area contributed by atoms with E-state index in [1.165, 1.54) is 23.9 Å². The molecule has 2 aromatic rings. The van der Waals surface area contributed by atoms with E-state index in [-0.39, 0.29) is 11.7 Å². The van der Waals surface area contributed by atoms with Gasteiger partial charge in [-0.3, -0.25) is 9.69 Å². The summed E-state index contributed by atoms with van der Waals surface area (Å²) in [4.78, 5) is 21.4. The number of aliphatic imine (C=N–C) groups is 1. The van der Waals surface area contributed by atoms with Crippen LogP contribution in [-0.2, 0) is 4.79 Å². The van der Waals surface area contributed by atoms with Crippen molar-refractivity contribution in [3.63, 3.8) is 0 Å². The summed E-state index contributed by atoms with van der Waals surface area (Å²) in [5.41, 5.74) is 2.69. The number of rotatable bonds is 4. The van der Waals surface area contributed by atoms with Gasteiger partial charge >= 0.3 is 0 Å². The smallest absolute Gasteiger partial charge is 0.266 e. The summed E-state index contributed by atoms with van der Waals surface area (Å²) in [6.07, 6.45) is 1.88. The van der Waals surface area contributed by atoms with Crippen LogP contribution in [0.3, 0.4) is 0 Å². The number of nitrogens with zero attached hydrogens (tertiary/aromatic N) is 3. The van der Waals surface area contributed by atoms with Crippen LogP contribution < -0.4 is 4.90 Å². The lowest BCUT2D eigenvalue weighted by atomic mass is 10.2. The molecule has 1 heterocycles. The molecule has 26 heavy (non-hydrogen) atoms. The van der Waals surface area contributed by atoms with Gasteiger partial charge in [-0.15, -0.1) is 0 Å². The molecule has 1 aliphatic heterocycles. The summed E-state index contributed by atoms with van der Waals surface area (Å²) in [5, 5.41) is 0.611. The van der Waals surface area contributed by atoms with E-state index in [2.05, 4.69) is 4.99 Å². The largest absolute Gasteiger partial charge is 0.378 e. The zero-order valence-corrected chi connectivity index (χ0v) is 15.8. The maximum atomic E-state index is 13.1. The van der Waals surface area contributed by atoms with Gasteiger partial charge in [-0.2, -0.15) is 0 Å². The number of likely N-dealkylation sites (N-methyl/N-ethyl adjacent to an activating group) is 1. The fraction of sp³-hybridized carbons (Fsp3) is 0.200. The third kappa shape index (κ3) is 3.96. The lowest BCUT2D eigenvalue weighted by molar-refractivity contribution is -0.122. The van der Waals surface area contributed by atoms with Gasteiger partial charge in [0, 0.05) is 26.3 Å². The fourth-order valence-electron chi connectivity index (χ4n) is 2.52. The summed E-state index contributed by atoms with van der Waals surface area (Å²) in [6, 6.07) is 13.9. The van der Waals surface area contributed by atoms with E-state index >= 15 is 0 Å². The van der Waals surface area contributed by atoms with Crippen LogP contribution in [0.1, 0.15) is 12.5 Å². The number of amidine groups is 1. The lowest BCUT2D eigenvalue weighted by Gasteiger charge is -2.12. The second kappa shape index (κ2) is 7.74. The SMILES string of the molecule is CCN1C(=O)/C(=C\c2ccc(N(C)C)cc2)SC1=Nc1ccc(F)cc1. The Morgan fingerprint density at radius 1 is 1.12 bits per heavy atom. The zero-order chi connectivity index (χ0) is 18.7. The summed E-state index contributed by atoms with van der Waals surface area (Å²) in [5.74, 6) is -0.367. The predicted molar refractivity (Wildman–Crippen MR) is 107 cm³/mol. The van der Waals surface area contributed by atoms with Gasteiger partial charge in [-0.1, -0.05) is 12.1 Å². The Balaban J connectivity index is 1.87. The first-order chi connectivity index (χ1) is 12.5. The summed E-state index contributed by atoms with van der Waals surface area (Å²) >= 11 is 1.34. The second-order valence-electron chi connectivity index (χ2n) is 6.02. The van der Waals surface area contributed by atoms with Crippen molar-refractivity contribution >= 4 is 40.3 Å². The van der Waals surface area contributed by atoms with Crippen LogP contribution in [-0.4, -0.2) is 36.6 Å². The third-order valence-electron chi connectivity index (χ3n) is 3.96. The minimum atomic E-state index is -0.307. The molecule has 134 valence electrons. The van der Waals surface area contributed by atoms with Crippen LogP contribution in [0.2, 0.25) is 0 Å². The highest BCUT2D eigenvalue weighted by Crippen LogP contribution is 2.34. The molecule has 0 unspecified atom stereocenters. The number of anilines is 1. The van der Waals surface area contributed by atoms with Gasteiger partial charge in [-0.05, 0) is 66.7 Å². The number of carbonyl (C=O) groups is 1. The van der Waals surface area contributed by atoms with Crippen LogP contribution in [0, 0.1) is 5.82 Å². The molecule has 0 saturated carbocycles. The number of amides is 1. The first-order valence-corrected chi connectivity index (χ1v) is 9.12. The highest BCUT2D eigenvalue weighted by atomic mass is 32.2. The Labute approximate surface area is 157 Å². The van der Waals surface area contributed by atoms with E-state index in [0.29, 0.717) is 22.3 Å². The molecule has 3 rings (SSSR count). The minimum absolute atomic E-state index is 0.0601. The van der Waals surface area contributed by atoms with Crippen molar-refractivity contribution in [2.45, 2.75) is 6.92 Å². The number of hydrogen-bond donors (Lipinski definition) is 0. The number of hydrogen-bond acceptors (Lipinski definition) is 4. The molecule has 0 atom stereocenters. The van der Waals surface area contributed by atoms with Crippen LogP contribution in [0.15, 0.2) is 58.4 Å². The molecule has 0 aliphatic carbocycles. The van der Waals surface area contributed by atoms with E-state index in [0.717, 1.165) is 11.3 Å². The van der Waals surface area contributed by atoms with Crippen molar-refractivity contribution in [1.29, 1.82) is 0 Å². The average molecular weight is 369 g/mol. The van der Waals surface area contributed by atoms with Crippen molar-refractivity contribution < 1.29 is 9.18 Å². The maximum Gasteiger partial charge on any atom is 0.266 e. The van der Waals surface area contributed by atoms with Crippen molar-refractivity contribution in [3.8, 4) is 0 Å². The highest BCUT2D eigenvalue weighted by Gasteiger charge is 2.32. The molecule has 0 radical (unpaired) electrons. The molecule has 1 saturated heterocycles. The fourth-order valence-corrected chi connectivity index (χ4v) is 3.58. The Morgan fingerprint density at radius 3 is 2.35 bits per heavy atom. The Hall–Kier alpha value is -2.60. The first-order valence-electron chi connectivity index (χ1n) is 8.31. The highest BCUT2D eigenvalue weighted by molar-refractivity contribution is 8.18. The monoisotopic (exact) mass is 369 g/mol. The van der Waals surface area contributed by atoms with Crippen LogP contribution in [0.25, 0.3) is 6.08 Å². The van der Waals surface area contributed by atoms with E-state index < -0.39 is 0 Å². The Bertz CT molecular complexity index is 858. The molecule has 6 heteroatoms. The van der Waals surface area contributed by atoms with Gasteiger partial charge in [0.2, 0.25) is 0 Å². The van der Waals surface area contributed by atoms with Gasteiger partial charge in [0.15, 0.2) is 5.17 Å². The molecule has 1 aliphatic rings. The molecular weight excluding hydrogens is 349 g/mol. The van der Waals surface area contributed by atoms with Crippen molar-refractivity contribution in [3.05, 3.63) is 64.8 Å². The molecular formula is C20H20FN3OS. The van der Waals surface area contributed by atoms with Crippen molar-refractivity contribution in [2.24, 2.45) is 4.99 Å². The van der Waals surface area contributed by atoms with Crippen molar-refractivity contribution in [1.82, 2.24) is 4.90 Å². The number of halogens is 1.